The van der Waals surface area contributed by atoms with Crippen LogP contribution in [0.25, 0.3) is 0 Å². The fourth-order valence-corrected chi connectivity index (χ4v) is 0.419. The van der Waals surface area contributed by atoms with E-state index in [0.29, 0.717) is 6.42 Å². The second-order valence-electron chi connectivity index (χ2n) is 1.75. The highest BCUT2D eigenvalue weighted by Crippen LogP contribution is 1.86. The molecule has 0 unspecified atom stereocenters. The molecule has 9 heavy (non-hydrogen) atoms. The Bertz CT molecular complexity index is 81.1. The van der Waals surface area contributed by atoms with Crippen molar-refractivity contribution in [2.75, 3.05) is 13.6 Å². The van der Waals surface area contributed by atoms with E-state index >= 15 is 0 Å². The van der Waals surface area contributed by atoms with Gasteiger partial charge in [-0.1, -0.05) is 12.2 Å². The van der Waals surface area contributed by atoms with E-state index in [9.17, 15) is 0 Å². The summed E-state index contributed by atoms with van der Waals surface area (Å²) in [6.45, 7) is 0.771. The van der Waals surface area contributed by atoms with Crippen LogP contribution in [0.3, 0.4) is 0 Å². The van der Waals surface area contributed by atoms with Gasteiger partial charge in [0.1, 0.15) is 0 Å². The third-order valence-corrected chi connectivity index (χ3v) is 0.836. The minimum atomic E-state index is -1.21. The molecule has 3 heteroatoms. The smallest absolute Gasteiger partial charge is 0.154 e. The maximum atomic E-state index is 8.34. The number of likely N-dealkylation sites (N-methyl/N-ethyl adjacent to an activating group) is 1. The van der Waals surface area contributed by atoms with Crippen molar-refractivity contribution in [3.63, 3.8) is 0 Å². The van der Waals surface area contributed by atoms with Crippen LogP contribution in [0.2, 0.25) is 0 Å². The number of hydrogen-bond donors (Lipinski definition) is 3. The Hall–Kier alpha value is -0.380. The van der Waals surface area contributed by atoms with Crippen molar-refractivity contribution in [2.45, 2.75) is 12.7 Å². The Morgan fingerprint density at radius 2 is 2.11 bits per heavy atom. The van der Waals surface area contributed by atoms with Gasteiger partial charge < -0.3 is 15.5 Å². The van der Waals surface area contributed by atoms with Gasteiger partial charge in [0.2, 0.25) is 0 Å². The second kappa shape index (κ2) is 5.75. The van der Waals surface area contributed by atoms with Crippen LogP contribution >= 0.6 is 0 Å². The van der Waals surface area contributed by atoms with E-state index in [0.717, 1.165) is 6.54 Å². The minimum absolute atomic E-state index is 0.307. The Labute approximate surface area is 55.0 Å². The van der Waals surface area contributed by atoms with Crippen molar-refractivity contribution in [3.05, 3.63) is 12.2 Å². The van der Waals surface area contributed by atoms with Gasteiger partial charge in [0.05, 0.1) is 0 Å². The van der Waals surface area contributed by atoms with Crippen LogP contribution in [0.5, 0.6) is 0 Å². The lowest BCUT2D eigenvalue weighted by atomic mass is 10.3. The number of rotatable bonds is 4. The fourth-order valence-electron chi connectivity index (χ4n) is 0.419. The normalized spacial score (nSPS) is 11.6. The Morgan fingerprint density at radius 3 is 2.56 bits per heavy atom. The number of nitrogens with one attached hydrogen (secondary N) is 1. The van der Waals surface area contributed by atoms with Crippen molar-refractivity contribution in [2.24, 2.45) is 0 Å². The van der Waals surface area contributed by atoms with Crippen molar-refractivity contribution in [1.82, 2.24) is 5.32 Å². The average Bonchev–Trinajstić information content (AvgIpc) is 1.80. The van der Waals surface area contributed by atoms with Crippen molar-refractivity contribution in [1.29, 1.82) is 0 Å². The molecule has 0 aromatic rings. The molecule has 3 N–H and O–H groups in total. The molecule has 0 atom stereocenters. The predicted octanol–water partition coefficient (Wildman–Crippen LogP) is -0.537. The first-order chi connectivity index (χ1) is 4.27. The lowest BCUT2D eigenvalue weighted by Crippen LogP contribution is -2.05. The van der Waals surface area contributed by atoms with E-state index in [1.54, 1.807) is 6.08 Å². The van der Waals surface area contributed by atoms with Crippen LogP contribution in [0, 0.1) is 0 Å². The maximum absolute atomic E-state index is 8.34. The van der Waals surface area contributed by atoms with Crippen LogP contribution in [-0.4, -0.2) is 30.1 Å². The van der Waals surface area contributed by atoms with Crippen LogP contribution in [0.4, 0.5) is 0 Å². The zero-order valence-corrected chi connectivity index (χ0v) is 5.54. The number of hydrogen-bond acceptors (Lipinski definition) is 3. The second-order valence-corrected chi connectivity index (χ2v) is 1.75. The first kappa shape index (κ1) is 8.62. The fraction of sp³-hybridized carbons (Fsp3) is 0.667. The Balaban J connectivity index is 3.04. The number of aliphatic hydroxyl groups excluding tert-OH is 1. The van der Waals surface area contributed by atoms with Crippen molar-refractivity contribution < 1.29 is 10.2 Å². The average molecular weight is 131 g/mol. The summed E-state index contributed by atoms with van der Waals surface area (Å²) in [6, 6.07) is 0. The third kappa shape index (κ3) is 7.62. The van der Waals surface area contributed by atoms with Gasteiger partial charge >= 0.3 is 0 Å². The zero-order valence-electron chi connectivity index (χ0n) is 5.54. The van der Waals surface area contributed by atoms with Gasteiger partial charge in [-0.05, 0) is 7.05 Å². The lowest BCUT2D eigenvalue weighted by molar-refractivity contribution is -0.0361. The van der Waals surface area contributed by atoms with Crippen LogP contribution in [0.1, 0.15) is 6.42 Å². The monoisotopic (exact) mass is 131 g/mol. The van der Waals surface area contributed by atoms with Crippen LogP contribution in [0.15, 0.2) is 12.2 Å². The quantitative estimate of drug-likeness (QED) is 0.355. The summed E-state index contributed by atoms with van der Waals surface area (Å²) in [5, 5.41) is 19.6. The third-order valence-electron chi connectivity index (χ3n) is 0.836. The molecule has 0 aromatic heterocycles. The van der Waals surface area contributed by atoms with Gasteiger partial charge in [0.25, 0.3) is 0 Å². The predicted molar refractivity (Wildman–Crippen MR) is 35.9 cm³/mol. The van der Waals surface area contributed by atoms with Gasteiger partial charge in [0, 0.05) is 13.0 Å². The summed E-state index contributed by atoms with van der Waals surface area (Å²) >= 11 is 0. The molecule has 0 saturated carbocycles. The summed E-state index contributed by atoms with van der Waals surface area (Å²) < 4.78 is 0. The topological polar surface area (TPSA) is 52.5 Å². The molecule has 0 rings (SSSR count). The molecule has 0 radical (unpaired) electrons. The van der Waals surface area contributed by atoms with Gasteiger partial charge in [-0.2, -0.15) is 0 Å². The SMILES string of the molecule is CNCC=CCC(O)O. The molecular formula is C6H13NO2. The minimum Gasteiger partial charge on any atom is -0.368 e. The summed E-state index contributed by atoms with van der Waals surface area (Å²) in [5.41, 5.74) is 0. The van der Waals surface area contributed by atoms with Gasteiger partial charge in [-0.25, -0.2) is 0 Å². The largest absolute Gasteiger partial charge is 0.368 e. The summed E-state index contributed by atoms with van der Waals surface area (Å²) in [5.74, 6) is 0. The molecule has 0 aliphatic heterocycles. The maximum Gasteiger partial charge on any atom is 0.154 e. The summed E-state index contributed by atoms with van der Waals surface area (Å²) in [7, 11) is 1.83. The first-order valence-electron chi connectivity index (χ1n) is 2.93. The molecular weight excluding hydrogens is 118 g/mol. The highest BCUT2D eigenvalue weighted by Gasteiger charge is 1.88. The first-order valence-corrected chi connectivity index (χ1v) is 2.93. The highest BCUT2D eigenvalue weighted by molar-refractivity contribution is 4.83. The van der Waals surface area contributed by atoms with Gasteiger partial charge in [-0.3, -0.25) is 0 Å². The number of aliphatic hydroxyl groups is 2. The Morgan fingerprint density at radius 1 is 1.44 bits per heavy atom. The molecule has 0 heterocycles. The van der Waals surface area contributed by atoms with E-state index in [1.807, 2.05) is 13.1 Å². The molecule has 0 saturated heterocycles. The molecule has 0 aromatic carbocycles. The van der Waals surface area contributed by atoms with Crippen molar-refractivity contribution in [3.8, 4) is 0 Å². The summed E-state index contributed by atoms with van der Waals surface area (Å²) in [6.07, 6.45) is 2.67. The lowest BCUT2D eigenvalue weighted by Gasteiger charge is -1.94. The molecule has 0 spiro atoms. The van der Waals surface area contributed by atoms with Crippen LogP contribution in [-0.2, 0) is 0 Å². The molecule has 0 aliphatic rings. The van der Waals surface area contributed by atoms with Gasteiger partial charge in [0.15, 0.2) is 6.29 Å². The Kier molecular flexibility index (Phi) is 5.51. The van der Waals surface area contributed by atoms with E-state index in [2.05, 4.69) is 5.32 Å². The van der Waals surface area contributed by atoms with E-state index in [1.165, 1.54) is 0 Å². The standard InChI is InChI=1S/C6H13NO2/c1-7-5-3-2-4-6(8)9/h2-3,6-9H,4-5H2,1H3. The molecule has 54 valence electrons. The van der Waals surface area contributed by atoms with E-state index in [4.69, 9.17) is 10.2 Å². The molecule has 0 aliphatic carbocycles. The highest BCUT2D eigenvalue weighted by atomic mass is 16.5. The van der Waals surface area contributed by atoms with Crippen molar-refractivity contribution >= 4 is 0 Å². The molecule has 0 fully saturated rings. The molecule has 0 amide bonds. The molecule has 3 nitrogen and oxygen atoms in total. The van der Waals surface area contributed by atoms with E-state index < -0.39 is 6.29 Å². The van der Waals surface area contributed by atoms with Gasteiger partial charge in [-0.15, -0.1) is 0 Å². The zero-order chi connectivity index (χ0) is 7.11. The summed E-state index contributed by atoms with van der Waals surface area (Å²) in [4.78, 5) is 0. The van der Waals surface area contributed by atoms with Crippen LogP contribution < -0.4 is 5.32 Å². The molecule has 0 bridgehead atoms. The van der Waals surface area contributed by atoms with E-state index in [-0.39, 0.29) is 0 Å².